The van der Waals surface area contributed by atoms with Gasteiger partial charge in [0.05, 0.1) is 18.2 Å². The van der Waals surface area contributed by atoms with Gasteiger partial charge in [-0.15, -0.1) is 0 Å². The molecule has 5 heteroatoms. The Kier molecular flexibility index (Phi) is 4.49. The molecule has 5 nitrogen and oxygen atoms in total. The number of hydrogen-bond donors (Lipinski definition) is 2. The number of H-pyrrole nitrogens is 1. The molecule has 0 saturated carbocycles. The number of hydrazone groups is 1. The second-order valence-corrected chi connectivity index (χ2v) is 6.25. The summed E-state index contributed by atoms with van der Waals surface area (Å²) < 4.78 is 0. The van der Waals surface area contributed by atoms with Gasteiger partial charge >= 0.3 is 0 Å². The van der Waals surface area contributed by atoms with Gasteiger partial charge in [-0.3, -0.25) is 9.59 Å². The molecule has 1 amide bonds. The minimum atomic E-state index is -0.249. The summed E-state index contributed by atoms with van der Waals surface area (Å²) in [6.45, 7) is 0. The Bertz CT molecular complexity index is 1220. The van der Waals surface area contributed by atoms with Crippen LogP contribution in [0.15, 0.2) is 82.7 Å². The van der Waals surface area contributed by atoms with Gasteiger partial charge < -0.3 is 4.98 Å². The van der Waals surface area contributed by atoms with Crippen molar-refractivity contribution < 1.29 is 4.79 Å². The van der Waals surface area contributed by atoms with Gasteiger partial charge in [-0.1, -0.05) is 60.7 Å². The van der Waals surface area contributed by atoms with Gasteiger partial charge in [0.2, 0.25) is 5.91 Å². The van der Waals surface area contributed by atoms with Gasteiger partial charge in [-0.2, -0.15) is 5.10 Å². The monoisotopic (exact) mass is 355 g/mol. The van der Waals surface area contributed by atoms with Gasteiger partial charge in [-0.25, -0.2) is 5.43 Å². The molecule has 27 heavy (non-hydrogen) atoms. The Labute approximate surface area is 155 Å². The number of hydrogen-bond acceptors (Lipinski definition) is 3. The smallest absolute Gasteiger partial charge is 0.257 e. The van der Waals surface area contributed by atoms with E-state index in [2.05, 4.69) is 15.5 Å². The molecule has 0 aliphatic carbocycles. The third kappa shape index (κ3) is 3.62. The molecule has 132 valence electrons. The van der Waals surface area contributed by atoms with Crippen LogP contribution in [0.3, 0.4) is 0 Å². The van der Waals surface area contributed by atoms with Gasteiger partial charge in [0.1, 0.15) is 0 Å². The molecule has 4 aromatic rings. The van der Waals surface area contributed by atoms with Crippen LogP contribution in [0.25, 0.3) is 21.7 Å². The van der Waals surface area contributed by atoms with Crippen LogP contribution in [-0.2, 0) is 11.2 Å². The Morgan fingerprint density at radius 1 is 0.963 bits per heavy atom. The quantitative estimate of drug-likeness (QED) is 0.435. The van der Waals surface area contributed by atoms with Crippen molar-refractivity contribution >= 4 is 33.8 Å². The predicted molar refractivity (Wildman–Crippen MR) is 108 cm³/mol. The number of para-hydroxylation sites is 1. The largest absolute Gasteiger partial charge is 0.321 e. The van der Waals surface area contributed by atoms with E-state index in [-0.39, 0.29) is 17.9 Å². The van der Waals surface area contributed by atoms with E-state index in [0.717, 1.165) is 27.2 Å². The molecule has 0 saturated heterocycles. The zero-order valence-electron chi connectivity index (χ0n) is 14.5. The number of rotatable bonds is 4. The van der Waals surface area contributed by atoms with Gasteiger partial charge in [-0.05, 0) is 33.9 Å². The molecular formula is C22H17N3O2. The summed E-state index contributed by atoms with van der Waals surface area (Å²) in [6, 6.07) is 23.1. The molecule has 1 heterocycles. The average molecular weight is 355 g/mol. The SMILES string of the molecule is O=C(Cc1cccc2ccccc12)N/N=C/c1cc2ccccc2[nH]c1=O. The van der Waals surface area contributed by atoms with Crippen LogP contribution >= 0.6 is 0 Å². The lowest BCUT2D eigenvalue weighted by atomic mass is 10.0. The topological polar surface area (TPSA) is 74.3 Å². The van der Waals surface area contributed by atoms with Crippen molar-refractivity contribution in [1.29, 1.82) is 0 Å². The van der Waals surface area contributed by atoms with E-state index < -0.39 is 0 Å². The molecule has 0 aliphatic heterocycles. The first-order valence-electron chi connectivity index (χ1n) is 8.61. The number of carbonyl (C=O) groups is 1. The molecule has 0 spiro atoms. The molecule has 0 radical (unpaired) electrons. The van der Waals surface area contributed by atoms with E-state index in [1.165, 1.54) is 6.21 Å². The zero-order chi connectivity index (χ0) is 18.6. The maximum atomic E-state index is 12.2. The van der Waals surface area contributed by atoms with Gasteiger partial charge in [0.15, 0.2) is 0 Å². The number of aromatic amines is 1. The van der Waals surface area contributed by atoms with E-state index in [9.17, 15) is 9.59 Å². The highest BCUT2D eigenvalue weighted by Gasteiger charge is 2.06. The van der Waals surface area contributed by atoms with Gasteiger partial charge in [0, 0.05) is 5.52 Å². The lowest BCUT2D eigenvalue weighted by Crippen LogP contribution is -2.21. The van der Waals surface area contributed by atoms with Crippen LogP contribution in [0, 0.1) is 0 Å². The molecule has 2 N–H and O–H groups in total. The van der Waals surface area contributed by atoms with Crippen LogP contribution in [0.2, 0.25) is 0 Å². The number of nitrogens with zero attached hydrogens (tertiary/aromatic N) is 1. The maximum absolute atomic E-state index is 12.2. The summed E-state index contributed by atoms with van der Waals surface area (Å²) in [5.74, 6) is -0.236. The van der Waals surface area contributed by atoms with Crippen LogP contribution in [0.4, 0.5) is 0 Å². The first-order valence-corrected chi connectivity index (χ1v) is 8.61. The van der Waals surface area contributed by atoms with Crippen molar-refractivity contribution in [1.82, 2.24) is 10.4 Å². The lowest BCUT2D eigenvalue weighted by molar-refractivity contribution is -0.120. The van der Waals surface area contributed by atoms with Crippen molar-refractivity contribution in [3.05, 3.63) is 94.3 Å². The highest BCUT2D eigenvalue weighted by molar-refractivity contribution is 5.91. The lowest BCUT2D eigenvalue weighted by Gasteiger charge is -2.05. The Morgan fingerprint density at radius 2 is 1.70 bits per heavy atom. The molecule has 0 bridgehead atoms. The fourth-order valence-electron chi connectivity index (χ4n) is 3.09. The van der Waals surface area contributed by atoms with Crippen LogP contribution < -0.4 is 11.0 Å². The van der Waals surface area contributed by atoms with Crippen molar-refractivity contribution in [3.63, 3.8) is 0 Å². The van der Waals surface area contributed by atoms with Crippen LogP contribution in [0.1, 0.15) is 11.1 Å². The summed E-state index contributed by atoms with van der Waals surface area (Å²) in [6.07, 6.45) is 1.58. The Morgan fingerprint density at radius 3 is 2.59 bits per heavy atom. The Balaban J connectivity index is 1.49. The van der Waals surface area contributed by atoms with Crippen molar-refractivity contribution in [2.75, 3.05) is 0 Å². The van der Waals surface area contributed by atoms with E-state index in [4.69, 9.17) is 0 Å². The standard InChI is InChI=1S/C22H17N3O2/c26-21(13-16-9-5-8-15-6-1-3-10-19(15)16)25-23-14-18-12-17-7-2-4-11-20(17)24-22(18)27/h1-12,14H,13H2,(H,24,27)(H,25,26)/b23-14+. The predicted octanol–water partition coefficient (Wildman–Crippen LogP) is 3.37. The molecule has 0 atom stereocenters. The highest BCUT2D eigenvalue weighted by atomic mass is 16.2. The third-order valence-corrected chi connectivity index (χ3v) is 4.41. The van der Waals surface area contributed by atoms with E-state index in [1.54, 1.807) is 6.07 Å². The van der Waals surface area contributed by atoms with Gasteiger partial charge in [0.25, 0.3) is 5.56 Å². The molecule has 4 rings (SSSR count). The van der Waals surface area contributed by atoms with Crippen molar-refractivity contribution in [3.8, 4) is 0 Å². The minimum absolute atomic E-state index is 0.215. The number of aromatic nitrogens is 1. The van der Waals surface area contributed by atoms with Crippen LogP contribution in [-0.4, -0.2) is 17.1 Å². The number of fused-ring (bicyclic) bond motifs is 2. The number of nitrogens with one attached hydrogen (secondary N) is 2. The summed E-state index contributed by atoms with van der Waals surface area (Å²) in [4.78, 5) is 27.1. The average Bonchev–Trinajstić information content (AvgIpc) is 2.69. The van der Waals surface area contributed by atoms with Crippen molar-refractivity contribution in [2.24, 2.45) is 5.10 Å². The minimum Gasteiger partial charge on any atom is -0.321 e. The number of benzene rings is 3. The fraction of sp³-hybridized carbons (Fsp3) is 0.0455. The first-order chi connectivity index (χ1) is 13.2. The molecule has 3 aromatic carbocycles. The fourth-order valence-corrected chi connectivity index (χ4v) is 3.09. The number of carbonyl (C=O) groups excluding carboxylic acids is 1. The maximum Gasteiger partial charge on any atom is 0.257 e. The molecule has 1 aromatic heterocycles. The summed E-state index contributed by atoms with van der Waals surface area (Å²) in [5.41, 5.74) is 4.33. The molecule has 0 unspecified atom stereocenters. The Hall–Kier alpha value is -3.73. The number of pyridine rings is 1. The van der Waals surface area contributed by atoms with Crippen LogP contribution in [0.5, 0.6) is 0 Å². The second-order valence-electron chi connectivity index (χ2n) is 6.25. The number of amides is 1. The normalized spacial score (nSPS) is 11.3. The van der Waals surface area contributed by atoms with E-state index >= 15 is 0 Å². The molecule has 0 fully saturated rings. The molecular weight excluding hydrogens is 338 g/mol. The van der Waals surface area contributed by atoms with Crippen molar-refractivity contribution in [2.45, 2.75) is 6.42 Å². The first kappa shape index (κ1) is 16.7. The summed E-state index contributed by atoms with van der Waals surface area (Å²) in [5, 5.41) is 6.98. The third-order valence-electron chi connectivity index (χ3n) is 4.41. The second kappa shape index (κ2) is 7.25. The summed E-state index contributed by atoms with van der Waals surface area (Å²) >= 11 is 0. The van der Waals surface area contributed by atoms with E-state index in [0.29, 0.717) is 5.56 Å². The zero-order valence-corrected chi connectivity index (χ0v) is 14.5. The van der Waals surface area contributed by atoms with E-state index in [1.807, 2.05) is 66.7 Å². The highest BCUT2D eigenvalue weighted by Crippen LogP contribution is 2.18. The molecule has 0 aliphatic rings. The summed E-state index contributed by atoms with van der Waals surface area (Å²) in [7, 11) is 0.